The van der Waals surface area contributed by atoms with Crippen LogP contribution in [0.2, 0.25) is 0 Å². The van der Waals surface area contributed by atoms with Crippen molar-refractivity contribution >= 4 is 11.9 Å². The highest BCUT2D eigenvalue weighted by Crippen LogP contribution is 2.17. The van der Waals surface area contributed by atoms with E-state index < -0.39 is 18.2 Å². The van der Waals surface area contributed by atoms with Crippen molar-refractivity contribution in [1.82, 2.24) is 5.32 Å². The maximum Gasteiger partial charge on any atom is 0.306 e. The number of rotatable bonds is 44. The van der Waals surface area contributed by atoms with Crippen LogP contribution in [0.4, 0.5) is 0 Å². The van der Waals surface area contributed by atoms with Gasteiger partial charge in [0, 0.05) is 6.42 Å². The second-order valence-corrected chi connectivity index (χ2v) is 16.9. The molecule has 3 N–H and O–H groups in total. The molecular formula is C55H95NO5. The van der Waals surface area contributed by atoms with Gasteiger partial charge in [-0.2, -0.15) is 0 Å². The summed E-state index contributed by atoms with van der Waals surface area (Å²) in [5, 5.41) is 23.8. The Morgan fingerprint density at radius 1 is 0.508 bits per heavy atom. The van der Waals surface area contributed by atoms with Gasteiger partial charge < -0.3 is 20.3 Å². The number of allylic oxidation sites excluding steroid dienone is 14. The number of aliphatic hydroxyl groups excluding tert-OH is 2. The number of aliphatic hydroxyl groups is 2. The SMILES string of the molecule is CC/C=C/C=C/C=C\C=C/C=C/CCCC(=O)OC(CCCCCCC/C=C/C/C=C/CC)CC(=O)NC(CO)C(O)CCCCCCCCCCCCCCCCCCC. The predicted octanol–water partition coefficient (Wildman–Crippen LogP) is 15.2. The molecule has 6 heteroatoms. The van der Waals surface area contributed by atoms with Gasteiger partial charge in [0.1, 0.15) is 6.10 Å². The molecule has 350 valence electrons. The molecule has 61 heavy (non-hydrogen) atoms. The van der Waals surface area contributed by atoms with Gasteiger partial charge in [0.15, 0.2) is 0 Å². The van der Waals surface area contributed by atoms with Gasteiger partial charge in [-0.25, -0.2) is 0 Å². The van der Waals surface area contributed by atoms with Crippen molar-refractivity contribution in [3.8, 4) is 0 Å². The third-order valence-corrected chi connectivity index (χ3v) is 11.1. The average molecular weight is 850 g/mol. The molecule has 6 nitrogen and oxygen atoms in total. The van der Waals surface area contributed by atoms with E-state index in [1.807, 2.05) is 54.7 Å². The normalized spacial score (nSPS) is 14.0. The first kappa shape index (κ1) is 58.0. The monoisotopic (exact) mass is 850 g/mol. The maximum atomic E-state index is 13.2. The van der Waals surface area contributed by atoms with Crippen LogP contribution in [-0.4, -0.2) is 46.9 Å². The first-order valence-corrected chi connectivity index (χ1v) is 25.4. The second kappa shape index (κ2) is 48.1. The van der Waals surface area contributed by atoms with E-state index in [0.29, 0.717) is 25.7 Å². The van der Waals surface area contributed by atoms with E-state index >= 15 is 0 Å². The van der Waals surface area contributed by atoms with Gasteiger partial charge in [-0.3, -0.25) is 9.59 Å². The quantitative estimate of drug-likeness (QED) is 0.0246. The van der Waals surface area contributed by atoms with Crippen LogP contribution >= 0.6 is 0 Å². The minimum atomic E-state index is -0.808. The fraction of sp³-hybridized carbons (Fsp3) is 0.709. The number of carbonyl (C=O) groups excluding carboxylic acids is 2. The highest BCUT2D eigenvalue weighted by atomic mass is 16.5. The van der Waals surface area contributed by atoms with Crippen molar-refractivity contribution in [3.63, 3.8) is 0 Å². The summed E-state index contributed by atoms with van der Waals surface area (Å²) in [7, 11) is 0. The van der Waals surface area contributed by atoms with Crippen molar-refractivity contribution in [1.29, 1.82) is 0 Å². The van der Waals surface area contributed by atoms with Crippen molar-refractivity contribution in [3.05, 3.63) is 85.1 Å². The third kappa shape index (κ3) is 43.5. The standard InChI is InChI=1S/C55H95NO5/c1-4-7-10-13-16-19-22-25-26-27-28-30-32-35-38-41-44-47-53(58)52(50-57)56-54(59)49-51(46-43-40-37-34-31-24-21-18-15-12-9-6-3)61-55(60)48-45-42-39-36-33-29-23-20-17-14-11-8-5-2/h8-9,11-12,14,17-18,20-21,23,29,33,36,39,51-53,57-58H,4-7,10,13,15-16,19,22,24-28,30-32,34-35,37-38,40-50H2,1-3H3,(H,56,59)/b11-8+,12-9+,17-14+,21-18+,23-20-,33-29-,39-36+. The molecule has 0 rings (SSSR count). The number of carbonyl (C=O) groups is 2. The van der Waals surface area contributed by atoms with Crippen LogP contribution < -0.4 is 5.32 Å². The Morgan fingerprint density at radius 3 is 1.51 bits per heavy atom. The number of amides is 1. The van der Waals surface area contributed by atoms with Crippen molar-refractivity contribution in [2.24, 2.45) is 0 Å². The number of nitrogens with one attached hydrogen (secondary N) is 1. The summed E-state index contributed by atoms with van der Waals surface area (Å²) < 4.78 is 5.87. The molecule has 0 fully saturated rings. The van der Waals surface area contributed by atoms with E-state index in [-0.39, 0.29) is 24.9 Å². The molecule has 3 atom stereocenters. The Kier molecular flexibility index (Phi) is 45.7. The molecular weight excluding hydrogens is 755 g/mol. The van der Waals surface area contributed by atoms with E-state index in [0.717, 1.165) is 83.5 Å². The summed E-state index contributed by atoms with van der Waals surface area (Å²) in [5.41, 5.74) is 0. The molecule has 3 unspecified atom stereocenters. The van der Waals surface area contributed by atoms with Crippen molar-refractivity contribution in [2.75, 3.05) is 6.61 Å². The lowest BCUT2D eigenvalue weighted by Crippen LogP contribution is -2.46. The average Bonchev–Trinajstić information content (AvgIpc) is 3.25. The first-order chi connectivity index (χ1) is 30.0. The van der Waals surface area contributed by atoms with Gasteiger partial charge in [-0.1, -0.05) is 234 Å². The Balaban J connectivity index is 4.61. The fourth-order valence-electron chi connectivity index (χ4n) is 7.32. The summed E-state index contributed by atoms with van der Waals surface area (Å²) >= 11 is 0. The maximum absolute atomic E-state index is 13.2. The molecule has 0 saturated heterocycles. The molecule has 0 spiro atoms. The zero-order valence-corrected chi connectivity index (χ0v) is 39.8. The predicted molar refractivity (Wildman–Crippen MR) is 264 cm³/mol. The second-order valence-electron chi connectivity index (χ2n) is 16.9. The largest absolute Gasteiger partial charge is 0.462 e. The van der Waals surface area contributed by atoms with Crippen molar-refractivity contribution < 1.29 is 24.5 Å². The van der Waals surface area contributed by atoms with E-state index in [2.05, 4.69) is 56.5 Å². The highest BCUT2D eigenvalue weighted by molar-refractivity contribution is 5.77. The Bertz CT molecular complexity index is 1180. The number of ether oxygens (including phenoxy) is 1. The lowest BCUT2D eigenvalue weighted by atomic mass is 10.0. The van der Waals surface area contributed by atoms with Crippen molar-refractivity contribution in [2.45, 2.75) is 244 Å². The lowest BCUT2D eigenvalue weighted by Gasteiger charge is -2.24. The Morgan fingerprint density at radius 2 is 0.967 bits per heavy atom. The van der Waals surface area contributed by atoms with Crippen LogP contribution in [0.1, 0.15) is 226 Å². The molecule has 0 aliphatic heterocycles. The molecule has 0 aromatic heterocycles. The summed E-state index contributed by atoms with van der Waals surface area (Å²) in [6, 6.07) is -0.725. The van der Waals surface area contributed by atoms with Gasteiger partial charge in [0.05, 0.1) is 25.2 Å². The number of unbranched alkanes of at least 4 members (excludes halogenated alkanes) is 22. The molecule has 1 amide bonds. The van der Waals surface area contributed by atoms with Crippen LogP contribution in [0.5, 0.6) is 0 Å². The van der Waals surface area contributed by atoms with Gasteiger partial charge in [-0.15, -0.1) is 0 Å². The van der Waals surface area contributed by atoms with Crippen LogP contribution in [0, 0.1) is 0 Å². The summed E-state index contributed by atoms with van der Waals surface area (Å²) in [4.78, 5) is 26.1. The number of hydrogen-bond acceptors (Lipinski definition) is 5. The first-order valence-electron chi connectivity index (χ1n) is 25.4. The molecule has 0 bridgehead atoms. The van der Waals surface area contributed by atoms with Crippen LogP contribution in [0.3, 0.4) is 0 Å². The van der Waals surface area contributed by atoms with E-state index in [1.165, 1.54) is 89.9 Å². The molecule has 0 radical (unpaired) electrons. The third-order valence-electron chi connectivity index (χ3n) is 11.1. The van der Waals surface area contributed by atoms with Gasteiger partial charge in [0.25, 0.3) is 0 Å². The lowest BCUT2D eigenvalue weighted by molar-refractivity contribution is -0.151. The molecule has 0 aromatic carbocycles. The van der Waals surface area contributed by atoms with Crippen LogP contribution in [0.15, 0.2) is 85.1 Å². The topological polar surface area (TPSA) is 95.9 Å². The molecule has 0 aliphatic carbocycles. The zero-order chi connectivity index (χ0) is 44.5. The van der Waals surface area contributed by atoms with E-state index in [1.54, 1.807) is 0 Å². The Labute approximate surface area is 376 Å². The van der Waals surface area contributed by atoms with Crippen LogP contribution in [-0.2, 0) is 14.3 Å². The smallest absolute Gasteiger partial charge is 0.306 e. The number of hydrogen-bond donors (Lipinski definition) is 3. The number of esters is 1. The minimum absolute atomic E-state index is 0.0354. The molecule has 0 saturated carbocycles. The Hall–Kier alpha value is -2.96. The van der Waals surface area contributed by atoms with Crippen LogP contribution in [0.25, 0.3) is 0 Å². The molecule has 0 heterocycles. The minimum Gasteiger partial charge on any atom is -0.462 e. The summed E-state index contributed by atoms with van der Waals surface area (Å²) in [6.45, 7) is 6.21. The summed E-state index contributed by atoms with van der Waals surface area (Å²) in [6.07, 6.45) is 62.2. The van der Waals surface area contributed by atoms with Gasteiger partial charge >= 0.3 is 5.97 Å². The van der Waals surface area contributed by atoms with Gasteiger partial charge in [-0.05, 0) is 64.2 Å². The molecule has 0 aromatic rings. The van der Waals surface area contributed by atoms with Gasteiger partial charge in [0.2, 0.25) is 5.91 Å². The zero-order valence-electron chi connectivity index (χ0n) is 39.8. The molecule has 0 aliphatic rings. The highest BCUT2D eigenvalue weighted by Gasteiger charge is 2.24. The van der Waals surface area contributed by atoms with E-state index in [9.17, 15) is 19.8 Å². The fourth-order valence-corrected chi connectivity index (χ4v) is 7.32. The summed E-state index contributed by atoms with van der Waals surface area (Å²) in [5.74, 6) is -0.581. The van der Waals surface area contributed by atoms with E-state index in [4.69, 9.17) is 4.74 Å².